The number of nitrogens with zero attached hydrogens (tertiary/aromatic N) is 1. The third-order valence-corrected chi connectivity index (χ3v) is 4.55. The quantitative estimate of drug-likeness (QED) is 0.278. The molecule has 3 aromatic carbocycles. The predicted molar refractivity (Wildman–Crippen MR) is 120 cm³/mol. The van der Waals surface area contributed by atoms with Gasteiger partial charge in [-0.15, -0.1) is 6.58 Å². The third kappa shape index (κ3) is 5.89. The Morgan fingerprint density at radius 3 is 2.53 bits per heavy atom. The molecule has 0 spiro atoms. The van der Waals surface area contributed by atoms with Crippen molar-refractivity contribution in [3.63, 3.8) is 0 Å². The SMILES string of the molecule is C=CCc1cc(/C=C(/C#N)C(=O)Nc2ccccc2F)ccc1OCc1ccc(F)cc1. The Morgan fingerprint density at radius 1 is 1.09 bits per heavy atom. The molecule has 0 aromatic heterocycles. The van der Waals surface area contributed by atoms with E-state index in [0.717, 1.165) is 11.1 Å². The molecule has 0 fully saturated rings. The number of carbonyl (C=O) groups is 1. The van der Waals surface area contributed by atoms with Crippen LogP contribution in [0.4, 0.5) is 14.5 Å². The molecule has 0 unspecified atom stereocenters. The van der Waals surface area contributed by atoms with Crippen LogP contribution in [-0.4, -0.2) is 5.91 Å². The van der Waals surface area contributed by atoms with Crippen molar-refractivity contribution in [2.24, 2.45) is 0 Å². The molecule has 0 aliphatic carbocycles. The Morgan fingerprint density at radius 2 is 1.84 bits per heavy atom. The summed E-state index contributed by atoms with van der Waals surface area (Å²) in [4.78, 5) is 12.4. The summed E-state index contributed by atoms with van der Waals surface area (Å²) in [6.45, 7) is 4.01. The molecule has 0 saturated carbocycles. The van der Waals surface area contributed by atoms with Gasteiger partial charge in [0.2, 0.25) is 0 Å². The Kier molecular flexibility index (Phi) is 7.50. The molecule has 0 atom stereocenters. The van der Waals surface area contributed by atoms with Crippen molar-refractivity contribution in [3.05, 3.63) is 113 Å². The summed E-state index contributed by atoms with van der Waals surface area (Å²) in [6, 6.07) is 18.8. The molecule has 0 saturated heterocycles. The number of ether oxygens (including phenoxy) is 1. The minimum Gasteiger partial charge on any atom is -0.489 e. The topological polar surface area (TPSA) is 62.1 Å². The number of amides is 1. The smallest absolute Gasteiger partial charge is 0.266 e. The van der Waals surface area contributed by atoms with Crippen molar-refractivity contribution in [3.8, 4) is 11.8 Å². The van der Waals surface area contributed by atoms with Crippen LogP contribution >= 0.6 is 0 Å². The highest BCUT2D eigenvalue weighted by molar-refractivity contribution is 6.09. The van der Waals surface area contributed by atoms with E-state index in [9.17, 15) is 18.8 Å². The highest BCUT2D eigenvalue weighted by atomic mass is 19.1. The molecule has 160 valence electrons. The first-order valence-electron chi connectivity index (χ1n) is 9.79. The van der Waals surface area contributed by atoms with E-state index in [1.54, 1.807) is 42.5 Å². The van der Waals surface area contributed by atoms with Gasteiger partial charge >= 0.3 is 0 Å². The average Bonchev–Trinajstić information content (AvgIpc) is 2.79. The highest BCUT2D eigenvalue weighted by Crippen LogP contribution is 2.24. The van der Waals surface area contributed by atoms with Crippen LogP contribution in [0.25, 0.3) is 6.08 Å². The highest BCUT2D eigenvalue weighted by Gasteiger charge is 2.13. The first-order chi connectivity index (χ1) is 15.5. The summed E-state index contributed by atoms with van der Waals surface area (Å²) in [6.07, 6.45) is 3.64. The maximum Gasteiger partial charge on any atom is 0.266 e. The molecular weight excluding hydrogens is 410 g/mol. The summed E-state index contributed by atoms with van der Waals surface area (Å²) in [7, 11) is 0. The second-order valence-corrected chi connectivity index (χ2v) is 6.88. The van der Waals surface area contributed by atoms with Crippen LogP contribution in [0.5, 0.6) is 5.75 Å². The second-order valence-electron chi connectivity index (χ2n) is 6.88. The number of carbonyl (C=O) groups excluding carboxylic acids is 1. The molecular formula is C26H20F2N2O2. The number of rotatable bonds is 8. The van der Waals surface area contributed by atoms with Crippen LogP contribution < -0.4 is 10.1 Å². The lowest BCUT2D eigenvalue weighted by Gasteiger charge is -2.12. The summed E-state index contributed by atoms with van der Waals surface area (Å²) in [5.41, 5.74) is 2.06. The number of allylic oxidation sites excluding steroid dienone is 1. The number of halogens is 2. The maximum atomic E-state index is 13.8. The van der Waals surface area contributed by atoms with Crippen LogP contribution in [0.3, 0.4) is 0 Å². The van der Waals surface area contributed by atoms with Crippen molar-refractivity contribution >= 4 is 17.7 Å². The summed E-state index contributed by atoms with van der Waals surface area (Å²) in [5.74, 6) is -1.00. The lowest BCUT2D eigenvalue weighted by atomic mass is 10.0. The van der Waals surface area contributed by atoms with Gasteiger partial charge in [0.05, 0.1) is 5.69 Å². The summed E-state index contributed by atoms with van der Waals surface area (Å²) >= 11 is 0. The van der Waals surface area contributed by atoms with Crippen molar-refractivity contribution in [1.29, 1.82) is 5.26 Å². The lowest BCUT2D eigenvalue weighted by Crippen LogP contribution is -2.14. The Hall–Kier alpha value is -4.24. The average molecular weight is 430 g/mol. The van der Waals surface area contributed by atoms with Gasteiger partial charge in [0.25, 0.3) is 5.91 Å². The third-order valence-electron chi connectivity index (χ3n) is 4.55. The Labute approximate surface area is 185 Å². The normalized spacial score (nSPS) is 10.8. The largest absolute Gasteiger partial charge is 0.489 e. The van der Waals surface area contributed by atoms with Crippen LogP contribution in [0.2, 0.25) is 0 Å². The lowest BCUT2D eigenvalue weighted by molar-refractivity contribution is -0.112. The van der Waals surface area contributed by atoms with E-state index in [4.69, 9.17) is 4.74 Å². The minimum atomic E-state index is -0.709. The number of nitrogens with one attached hydrogen (secondary N) is 1. The van der Waals surface area contributed by atoms with E-state index < -0.39 is 11.7 Å². The number of hydrogen-bond acceptors (Lipinski definition) is 3. The Bertz CT molecular complexity index is 1200. The summed E-state index contributed by atoms with van der Waals surface area (Å²) < 4.78 is 32.7. The standard InChI is InChI=1S/C26H20F2N2O2/c1-2-5-20-14-19(10-13-25(20)32-17-18-8-11-22(27)12-9-18)15-21(16-29)26(31)30-24-7-4-3-6-23(24)28/h2-4,6-15H,1,5,17H2,(H,30,31)/b21-15-. The van der Waals surface area contributed by atoms with Gasteiger partial charge in [-0.1, -0.05) is 36.4 Å². The van der Waals surface area contributed by atoms with E-state index in [1.807, 2.05) is 6.07 Å². The molecule has 32 heavy (non-hydrogen) atoms. The van der Waals surface area contributed by atoms with Gasteiger partial charge in [-0.2, -0.15) is 5.26 Å². The second kappa shape index (κ2) is 10.7. The van der Waals surface area contributed by atoms with Crippen molar-refractivity contribution in [2.75, 3.05) is 5.32 Å². The first-order valence-corrected chi connectivity index (χ1v) is 9.79. The van der Waals surface area contributed by atoms with Crippen molar-refractivity contribution in [1.82, 2.24) is 0 Å². The zero-order chi connectivity index (χ0) is 22.9. The molecule has 4 nitrogen and oxygen atoms in total. The molecule has 3 aromatic rings. The zero-order valence-corrected chi connectivity index (χ0v) is 17.1. The zero-order valence-electron chi connectivity index (χ0n) is 17.1. The molecule has 0 aliphatic rings. The van der Waals surface area contributed by atoms with Gasteiger partial charge in [0.15, 0.2) is 0 Å². The maximum absolute atomic E-state index is 13.8. The predicted octanol–water partition coefficient (Wildman–Crippen LogP) is 5.82. The monoisotopic (exact) mass is 430 g/mol. The van der Waals surface area contributed by atoms with Crippen LogP contribution in [-0.2, 0) is 17.8 Å². The van der Waals surface area contributed by atoms with E-state index in [1.165, 1.54) is 36.4 Å². The Balaban J connectivity index is 1.79. The van der Waals surface area contributed by atoms with E-state index in [2.05, 4.69) is 11.9 Å². The molecule has 0 radical (unpaired) electrons. The molecule has 6 heteroatoms. The molecule has 0 aliphatic heterocycles. The van der Waals surface area contributed by atoms with Gasteiger partial charge in [-0.3, -0.25) is 4.79 Å². The van der Waals surface area contributed by atoms with E-state index >= 15 is 0 Å². The molecule has 3 rings (SSSR count). The number of nitriles is 1. The van der Waals surface area contributed by atoms with Gasteiger partial charge in [-0.05, 0) is 65.6 Å². The van der Waals surface area contributed by atoms with Gasteiger partial charge < -0.3 is 10.1 Å². The minimum absolute atomic E-state index is 0.00413. The number of hydrogen-bond donors (Lipinski definition) is 1. The van der Waals surface area contributed by atoms with E-state index in [-0.39, 0.29) is 23.7 Å². The molecule has 1 N–H and O–H groups in total. The summed E-state index contributed by atoms with van der Waals surface area (Å²) in [5, 5.41) is 11.8. The van der Waals surface area contributed by atoms with Crippen molar-refractivity contribution < 1.29 is 18.3 Å². The van der Waals surface area contributed by atoms with Crippen LogP contribution in [0.15, 0.2) is 85.0 Å². The molecule has 0 heterocycles. The van der Waals surface area contributed by atoms with E-state index in [0.29, 0.717) is 17.7 Å². The van der Waals surface area contributed by atoms with Gasteiger partial charge in [-0.25, -0.2) is 8.78 Å². The number of anilines is 1. The number of benzene rings is 3. The molecule has 1 amide bonds. The van der Waals surface area contributed by atoms with Gasteiger partial charge in [0.1, 0.15) is 35.6 Å². The fraction of sp³-hybridized carbons (Fsp3) is 0.0769. The first kappa shape index (κ1) is 22.4. The van der Waals surface area contributed by atoms with Crippen molar-refractivity contribution in [2.45, 2.75) is 13.0 Å². The van der Waals surface area contributed by atoms with Crippen LogP contribution in [0.1, 0.15) is 16.7 Å². The van der Waals surface area contributed by atoms with Crippen LogP contribution in [0, 0.1) is 23.0 Å². The molecule has 0 bridgehead atoms. The number of para-hydroxylation sites is 1. The fourth-order valence-corrected chi connectivity index (χ4v) is 2.95. The van der Waals surface area contributed by atoms with Gasteiger partial charge in [0, 0.05) is 0 Å². The fourth-order valence-electron chi connectivity index (χ4n) is 2.95.